The smallest absolute Gasteiger partial charge is 0.387 e. The van der Waals surface area contributed by atoms with Gasteiger partial charge in [-0.25, -0.2) is 0 Å². The van der Waals surface area contributed by atoms with Gasteiger partial charge in [0.25, 0.3) is 11.8 Å². The number of nitrogens with one attached hydrogen (secondary N) is 3. The lowest BCUT2D eigenvalue weighted by Gasteiger charge is -2.11. The number of esters is 1. The monoisotopic (exact) mass is 389 g/mol. The molecule has 0 heterocycles. The zero-order valence-electron chi connectivity index (χ0n) is 14.3. The van der Waals surface area contributed by atoms with E-state index in [4.69, 9.17) is 4.74 Å². The van der Waals surface area contributed by atoms with E-state index in [0.717, 1.165) is 12.1 Å². The lowest BCUT2D eigenvalue weighted by Crippen LogP contribution is -2.43. The molecule has 0 radical (unpaired) electrons. The molecule has 0 fully saturated rings. The number of hydrazine groups is 1. The molecule has 0 spiro atoms. The Hall–Kier alpha value is -3.44. The van der Waals surface area contributed by atoms with Crippen LogP contribution < -0.4 is 25.6 Å². The number of hydrogen-bond acceptors (Lipinski definition) is 7. The molecule has 0 aliphatic rings. The molecule has 0 atom stereocenters. The van der Waals surface area contributed by atoms with Crippen LogP contribution in [0.1, 0.15) is 17.3 Å². The molecule has 3 amide bonds. The van der Waals surface area contributed by atoms with Crippen molar-refractivity contribution in [1.82, 2.24) is 16.2 Å². The Balaban J connectivity index is 2.50. The highest BCUT2D eigenvalue weighted by molar-refractivity contribution is 5.96. The molecule has 0 saturated heterocycles. The van der Waals surface area contributed by atoms with Gasteiger partial charge in [0, 0.05) is 12.5 Å². The number of halogens is 2. The third kappa shape index (κ3) is 7.98. The largest absolute Gasteiger partial charge is 0.493 e. The summed E-state index contributed by atoms with van der Waals surface area (Å²) in [5, 5.41) is 2.22. The standard InChI is InChI=1S/C15H17F2N3O7/c1-8(21)19-20-12(22)7-26-13(23)6-18-14(24)9-3-4-10(27-15(16)17)11(5-9)25-2/h3-5,15H,6-7H2,1-2H3,(H,18,24)(H,19,21)(H,20,22). The third-order valence-electron chi connectivity index (χ3n) is 2.78. The van der Waals surface area contributed by atoms with Gasteiger partial charge in [-0.1, -0.05) is 0 Å². The van der Waals surface area contributed by atoms with Crippen LogP contribution in [0, 0.1) is 0 Å². The van der Waals surface area contributed by atoms with E-state index < -0.39 is 43.5 Å². The number of hydrogen-bond donors (Lipinski definition) is 3. The number of amides is 3. The molecule has 0 aliphatic heterocycles. The van der Waals surface area contributed by atoms with Crippen LogP contribution in [0.2, 0.25) is 0 Å². The molecule has 0 saturated carbocycles. The molecule has 27 heavy (non-hydrogen) atoms. The molecule has 0 unspecified atom stereocenters. The Morgan fingerprint density at radius 3 is 2.41 bits per heavy atom. The number of alkyl halides is 2. The molecule has 0 aromatic heterocycles. The van der Waals surface area contributed by atoms with Crippen molar-refractivity contribution in [3.63, 3.8) is 0 Å². The van der Waals surface area contributed by atoms with Crippen LogP contribution in [0.15, 0.2) is 18.2 Å². The third-order valence-corrected chi connectivity index (χ3v) is 2.78. The fourth-order valence-corrected chi connectivity index (χ4v) is 1.65. The summed E-state index contributed by atoms with van der Waals surface area (Å²) < 4.78 is 38.2. The first-order valence-corrected chi connectivity index (χ1v) is 7.35. The zero-order chi connectivity index (χ0) is 20.4. The minimum Gasteiger partial charge on any atom is -0.493 e. The summed E-state index contributed by atoms with van der Waals surface area (Å²) in [5.74, 6) is -3.26. The quantitative estimate of drug-likeness (QED) is 0.412. The average molecular weight is 389 g/mol. The van der Waals surface area contributed by atoms with E-state index in [-0.39, 0.29) is 17.1 Å². The van der Waals surface area contributed by atoms with E-state index in [1.54, 1.807) is 0 Å². The predicted molar refractivity (Wildman–Crippen MR) is 84.9 cm³/mol. The number of carbonyl (C=O) groups is 4. The van der Waals surface area contributed by atoms with Crippen molar-refractivity contribution in [3.8, 4) is 11.5 Å². The van der Waals surface area contributed by atoms with Gasteiger partial charge in [-0.2, -0.15) is 8.78 Å². The van der Waals surface area contributed by atoms with Gasteiger partial charge in [0.05, 0.1) is 7.11 Å². The van der Waals surface area contributed by atoms with Gasteiger partial charge in [0.2, 0.25) is 5.91 Å². The topological polar surface area (TPSA) is 132 Å². The van der Waals surface area contributed by atoms with Gasteiger partial charge in [0.15, 0.2) is 18.1 Å². The average Bonchev–Trinajstić information content (AvgIpc) is 2.62. The van der Waals surface area contributed by atoms with Crippen molar-refractivity contribution >= 4 is 23.7 Å². The zero-order valence-corrected chi connectivity index (χ0v) is 14.3. The fourth-order valence-electron chi connectivity index (χ4n) is 1.65. The van der Waals surface area contributed by atoms with Gasteiger partial charge in [-0.3, -0.25) is 30.0 Å². The molecule has 0 bridgehead atoms. The molecule has 3 N–H and O–H groups in total. The lowest BCUT2D eigenvalue weighted by molar-refractivity contribution is -0.148. The second kappa shape index (κ2) is 10.5. The Labute approximate surface area is 152 Å². The van der Waals surface area contributed by atoms with Crippen molar-refractivity contribution in [2.45, 2.75) is 13.5 Å². The summed E-state index contributed by atoms with van der Waals surface area (Å²) >= 11 is 0. The van der Waals surface area contributed by atoms with Crippen molar-refractivity contribution in [2.24, 2.45) is 0 Å². The molecule has 148 valence electrons. The van der Waals surface area contributed by atoms with Crippen LogP contribution in [0.25, 0.3) is 0 Å². The molecule has 1 aromatic rings. The highest BCUT2D eigenvalue weighted by Crippen LogP contribution is 2.29. The Morgan fingerprint density at radius 1 is 1.11 bits per heavy atom. The van der Waals surface area contributed by atoms with Crippen molar-refractivity contribution in [2.75, 3.05) is 20.3 Å². The van der Waals surface area contributed by atoms with Crippen LogP contribution >= 0.6 is 0 Å². The van der Waals surface area contributed by atoms with Gasteiger partial charge >= 0.3 is 12.6 Å². The number of rotatable bonds is 8. The normalized spacial score (nSPS) is 9.96. The molecule has 10 nitrogen and oxygen atoms in total. The van der Waals surface area contributed by atoms with E-state index in [1.165, 1.54) is 20.1 Å². The summed E-state index contributed by atoms with van der Waals surface area (Å²) in [6.07, 6.45) is 0. The van der Waals surface area contributed by atoms with E-state index in [9.17, 15) is 28.0 Å². The second-order valence-corrected chi connectivity index (χ2v) is 4.82. The van der Waals surface area contributed by atoms with Gasteiger partial charge in [0.1, 0.15) is 6.54 Å². The van der Waals surface area contributed by atoms with E-state index in [2.05, 4.69) is 14.8 Å². The van der Waals surface area contributed by atoms with E-state index in [1.807, 2.05) is 10.9 Å². The minimum atomic E-state index is -3.06. The van der Waals surface area contributed by atoms with Crippen LogP contribution in [-0.2, 0) is 19.1 Å². The number of ether oxygens (including phenoxy) is 3. The summed E-state index contributed by atoms with van der Waals surface area (Å²) in [6, 6.07) is 3.46. The summed E-state index contributed by atoms with van der Waals surface area (Å²) in [6.45, 7) is -3.11. The fraction of sp³-hybridized carbons (Fsp3) is 0.333. The maximum Gasteiger partial charge on any atom is 0.387 e. The second-order valence-electron chi connectivity index (χ2n) is 4.82. The SMILES string of the molecule is COc1cc(C(=O)NCC(=O)OCC(=O)NNC(C)=O)ccc1OC(F)F. The van der Waals surface area contributed by atoms with Crippen LogP contribution in [0.4, 0.5) is 8.78 Å². The van der Waals surface area contributed by atoms with Crippen LogP contribution in [0.3, 0.4) is 0 Å². The molecular weight excluding hydrogens is 372 g/mol. The first-order chi connectivity index (χ1) is 12.7. The van der Waals surface area contributed by atoms with Gasteiger partial charge < -0.3 is 19.5 Å². The number of benzene rings is 1. The molecule has 1 rings (SSSR count). The summed E-state index contributed by atoms with van der Waals surface area (Å²) in [5.41, 5.74) is 3.99. The summed E-state index contributed by atoms with van der Waals surface area (Å²) in [7, 11) is 1.21. The molecule has 12 heteroatoms. The van der Waals surface area contributed by atoms with Gasteiger partial charge in [-0.05, 0) is 18.2 Å². The van der Waals surface area contributed by atoms with Crippen molar-refractivity contribution in [1.29, 1.82) is 0 Å². The maximum absolute atomic E-state index is 12.3. The highest BCUT2D eigenvalue weighted by atomic mass is 19.3. The Bertz CT molecular complexity index is 713. The molecule has 1 aromatic carbocycles. The maximum atomic E-state index is 12.3. The predicted octanol–water partition coefficient (Wildman–Crippen LogP) is -0.263. The minimum absolute atomic E-state index is 0.0182. The lowest BCUT2D eigenvalue weighted by atomic mass is 10.2. The Morgan fingerprint density at radius 2 is 1.81 bits per heavy atom. The first kappa shape index (κ1) is 21.6. The number of methoxy groups -OCH3 is 1. The van der Waals surface area contributed by atoms with Crippen molar-refractivity contribution in [3.05, 3.63) is 23.8 Å². The molecule has 0 aliphatic carbocycles. The molecular formula is C15H17F2N3O7. The van der Waals surface area contributed by atoms with Gasteiger partial charge in [-0.15, -0.1) is 0 Å². The van der Waals surface area contributed by atoms with E-state index in [0.29, 0.717) is 0 Å². The number of carbonyl (C=O) groups excluding carboxylic acids is 4. The van der Waals surface area contributed by atoms with Crippen LogP contribution in [0.5, 0.6) is 11.5 Å². The highest BCUT2D eigenvalue weighted by Gasteiger charge is 2.15. The summed E-state index contributed by atoms with van der Waals surface area (Å²) in [4.78, 5) is 45.3. The van der Waals surface area contributed by atoms with E-state index >= 15 is 0 Å². The Kier molecular flexibility index (Phi) is 8.42. The van der Waals surface area contributed by atoms with Crippen molar-refractivity contribution < 1.29 is 42.2 Å². The first-order valence-electron chi connectivity index (χ1n) is 7.35. The van der Waals surface area contributed by atoms with Crippen LogP contribution in [-0.4, -0.2) is 50.6 Å².